The molecule has 1 aliphatic carbocycles. The van der Waals surface area contributed by atoms with E-state index in [4.69, 9.17) is 0 Å². The number of ether oxygens (including phenoxy) is 1. The highest BCUT2D eigenvalue weighted by molar-refractivity contribution is 4.99. The van der Waals surface area contributed by atoms with E-state index in [-0.39, 0.29) is 6.61 Å². The summed E-state index contributed by atoms with van der Waals surface area (Å²) in [5.41, 5.74) is 0.581. The average molecular weight is 241 g/mol. The lowest BCUT2D eigenvalue weighted by atomic mass is 10.3. The Labute approximate surface area is 91.7 Å². The summed E-state index contributed by atoms with van der Waals surface area (Å²) in [7, 11) is 0. The van der Waals surface area contributed by atoms with Gasteiger partial charge in [-0.15, -0.1) is 0 Å². The summed E-state index contributed by atoms with van der Waals surface area (Å²) in [6.45, 7) is 2.68. The lowest BCUT2D eigenvalue weighted by Gasteiger charge is -2.15. The Hall–Kier alpha value is -0.620. The van der Waals surface area contributed by atoms with Crippen molar-refractivity contribution in [1.82, 2.24) is 5.32 Å². The molecule has 2 nitrogen and oxygen atoms in total. The lowest BCUT2D eigenvalue weighted by Crippen LogP contribution is -2.33. The minimum absolute atomic E-state index is 0.123. The Morgan fingerprint density at radius 1 is 1.44 bits per heavy atom. The molecule has 0 saturated heterocycles. The number of hydrogen-bond acceptors (Lipinski definition) is 2. The van der Waals surface area contributed by atoms with E-state index in [0.717, 1.165) is 12.8 Å². The molecule has 1 fully saturated rings. The van der Waals surface area contributed by atoms with Gasteiger partial charge in [0.25, 0.3) is 0 Å². The zero-order chi connectivity index (χ0) is 12.2. The van der Waals surface area contributed by atoms with Crippen LogP contribution in [0.3, 0.4) is 0 Å². The second-order valence-electron chi connectivity index (χ2n) is 3.96. The first kappa shape index (κ1) is 13.4. The fraction of sp³-hybridized carbons (Fsp3) is 0.800. The molecule has 0 aliphatic heterocycles. The first-order chi connectivity index (χ1) is 7.42. The predicted molar refractivity (Wildman–Crippen MR) is 51.9 cm³/mol. The highest BCUT2D eigenvalue weighted by Crippen LogP contribution is 2.23. The molecule has 6 heteroatoms. The number of rotatable bonds is 8. The topological polar surface area (TPSA) is 21.3 Å². The number of halogens is 4. The molecule has 0 unspecified atom stereocenters. The van der Waals surface area contributed by atoms with Gasteiger partial charge in [0.1, 0.15) is 6.61 Å². The fourth-order valence-corrected chi connectivity index (χ4v) is 1.02. The van der Waals surface area contributed by atoms with Crippen LogP contribution in [0.15, 0.2) is 12.2 Å². The van der Waals surface area contributed by atoms with E-state index in [1.165, 1.54) is 0 Å². The van der Waals surface area contributed by atoms with Crippen LogP contribution in [0.2, 0.25) is 0 Å². The maximum atomic E-state index is 12.4. The Kier molecular flexibility index (Phi) is 4.73. The van der Waals surface area contributed by atoms with Crippen LogP contribution in [-0.2, 0) is 4.74 Å². The van der Waals surface area contributed by atoms with Gasteiger partial charge in [0.15, 0.2) is 0 Å². The van der Waals surface area contributed by atoms with E-state index in [1.807, 2.05) is 0 Å². The van der Waals surface area contributed by atoms with Gasteiger partial charge in [-0.05, 0) is 18.4 Å². The van der Waals surface area contributed by atoms with E-state index < -0.39 is 19.0 Å². The molecule has 0 bridgehead atoms. The normalized spacial score (nSPS) is 16.8. The SMILES string of the molecule is C=C(CNC1CC1)COCC(F)(F)C(F)F. The van der Waals surface area contributed by atoms with Crippen LogP contribution in [0.25, 0.3) is 0 Å². The summed E-state index contributed by atoms with van der Waals surface area (Å²) in [4.78, 5) is 0. The molecule has 0 radical (unpaired) electrons. The maximum absolute atomic E-state index is 12.4. The first-order valence-electron chi connectivity index (χ1n) is 5.05. The van der Waals surface area contributed by atoms with E-state index in [9.17, 15) is 17.6 Å². The van der Waals surface area contributed by atoms with Crippen molar-refractivity contribution in [2.75, 3.05) is 19.8 Å². The smallest absolute Gasteiger partial charge is 0.330 e. The molecule has 0 aromatic rings. The summed E-state index contributed by atoms with van der Waals surface area (Å²) in [5, 5.41) is 3.11. The minimum atomic E-state index is -4.08. The molecule has 16 heavy (non-hydrogen) atoms. The van der Waals surface area contributed by atoms with Gasteiger partial charge in [-0.1, -0.05) is 6.58 Å². The van der Waals surface area contributed by atoms with Crippen molar-refractivity contribution in [3.8, 4) is 0 Å². The monoisotopic (exact) mass is 241 g/mol. The van der Waals surface area contributed by atoms with Crippen molar-refractivity contribution in [1.29, 1.82) is 0 Å². The third kappa shape index (κ3) is 4.94. The third-order valence-electron chi connectivity index (χ3n) is 2.14. The first-order valence-corrected chi connectivity index (χ1v) is 5.05. The molecule has 0 aromatic carbocycles. The molecule has 0 atom stereocenters. The molecule has 0 spiro atoms. The summed E-state index contributed by atoms with van der Waals surface area (Å²) in [5.74, 6) is -4.08. The van der Waals surface area contributed by atoms with E-state index >= 15 is 0 Å². The van der Waals surface area contributed by atoms with Crippen molar-refractivity contribution < 1.29 is 22.3 Å². The molecule has 94 valence electrons. The quantitative estimate of drug-likeness (QED) is 0.519. The zero-order valence-corrected chi connectivity index (χ0v) is 8.82. The predicted octanol–water partition coefficient (Wildman–Crippen LogP) is 2.21. The molecular weight excluding hydrogens is 226 g/mol. The Morgan fingerprint density at radius 3 is 2.56 bits per heavy atom. The third-order valence-corrected chi connectivity index (χ3v) is 2.14. The maximum Gasteiger partial charge on any atom is 0.330 e. The van der Waals surface area contributed by atoms with Gasteiger partial charge in [-0.3, -0.25) is 0 Å². The molecule has 1 rings (SSSR count). The van der Waals surface area contributed by atoms with Gasteiger partial charge in [0, 0.05) is 12.6 Å². The number of nitrogens with one attached hydrogen (secondary N) is 1. The molecule has 0 aromatic heterocycles. The van der Waals surface area contributed by atoms with Crippen molar-refractivity contribution in [3.63, 3.8) is 0 Å². The summed E-state index contributed by atoms with van der Waals surface area (Å²) in [6, 6.07) is 0.485. The molecule has 0 amide bonds. The fourth-order valence-electron chi connectivity index (χ4n) is 1.02. The van der Waals surface area contributed by atoms with E-state index in [2.05, 4.69) is 16.6 Å². The van der Waals surface area contributed by atoms with Crippen molar-refractivity contribution in [3.05, 3.63) is 12.2 Å². The van der Waals surface area contributed by atoms with Gasteiger partial charge in [0.2, 0.25) is 0 Å². The molecular formula is C10H15F4NO. The van der Waals surface area contributed by atoms with E-state index in [0.29, 0.717) is 18.2 Å². The van der Waals surface area contributed by atoms with Crippen LogP contribution < -0.4 is 5.32 Å². The highest BCUT2D eigenvalue weighted by Gasteiger charge is 2.40. The van der Waals surface area contributed by atoms with Crippen LogP contribution in [0.1, 0.15) is 12.8 Å². The van der Waals surface area contributed by atoms with Crippen LogP contribution >= 0.6 is 0 Å². The van der Waals surface area contributed by atoms with Crippen LogP contribution in [0, 0.1) is 0 Å². The Bertz CT molecular complexity index is 241. The molecule has 1 aliphatic rings. The van der Waals surface area contributed by atoms with Crippen molar-refractivity contribution in [2.45, 2.75) is 31.2 Å². The van der Waals surface area contributed by atoms with Gasteiger partial charge >= 0.3 is 12.3 Å². The molecule has 1 N–H and O–H groups in total. The largest absolute Gasteiger partial charge is 0.371 e. The standard InChI is InChI=1S/C10H15F4NO/c1-7(4-15-8-2-3-8)5-16-6-10(13,14)9(11)12/h8-9,15H,1-6H2. The second-order valence-corrected chi connectivity index (χ2v) is 3.96. The second kappa shape index (κ2) is 5.63. The lowest BCUT2D eigenvalue weighted by molar-refractivity contribution is -0.163. The molecule has 1 saturated carbocycles. The van der Waals surface area contributed by atoms with Gasteiger partial charge in [-0.25, -0.2) is 8.78 Å². The average Bonchev–Trinajstić information content (AvgIpc) is 2.97. The minimum Gasteiger partial charge on any atom is -0.371 e. The van der Waals surface area contributed by atoms with E-state index in [1.54, 1.807) is 0 Å². The zero-order valence-electron chi connectivity index (χ0n) is 8.82. The number of alkyl halides is 4. The van der Waals surface area contributed by atoms with Crippen molar-refractivity contribution >= 4 is 0 Å². The van der Waals surface area contributed by atoms with Crippen molar-refractivity contribution in [2.24, 2.45) is 0 Å². The van der Waals surface area contributed by atoms with Gasteiger partial charge < -0.3 is 10.1 Å². The summed E-state index contributed by atoms with van der Waals surface area (Å²) < 4.78 is 52.8. The van der Waals surface area contributed by atoms with Gasteiger partial charge in [-0.2, -0.15) is 8.78 Å². The number of hydrogen-bond donors (Lipinski definition) is 1. The summed E-state index contributed by atoms with van der Waals surface area (Å²) >= 11 is 0. The van der Waals surface area contributed by atoms with Crippen LogP contribution in [-0.4, -0.2) is 38.1 Å². The molecule has 0 heterocycles. The van der Waals surface area contributed by atoms with Gasteiger partial charge in [0.05, 0.1) is 6.61 Å². The highest BCUT2D eigenvalue weighted by atomic mass is 19.3. The van der Waals surface area contributed by atoms with Crippen LogP contribution in [0.5, 0.6) is 0 Å². The Morgan fingerprint density at radius 2 is 2.06 bits per heavy atom. The Balaban J connectivity index is 2.06. The summed E-state index contributed by atoms with van der Waals surface area (Å²) in [6.07, 6.45) is -1.47. The van der Waals surface area contributed by atoms with Crippen LogP contribution in [0.4, 0.5) is 17.6 Å².